The highest BCUT2D eigenvalue weighted by molar-refractivity contribution is 6.03. The number of carbonyl (C=O) groups is 1. The van der Waals surface area contributed by atoms with Gasteiger partial charge in [-0.1, -0.05) is 48.5 Å². The normalized spacial score (nSPS) is 10.7. The number of carbonyl (C=O) groups excluding carboxylic acids is 1. The fraction of sp³-hybridized carbons (Fsp3) is 0. The lowest BCUT2D eigenvalue weighted by Crippen LogP contribution is -2.16. The molecular weight excluding hydrogens is 316 g/mol. The van der Waals surface area contributed by atoms with Crippen LogP contribution in [0.4, 0.5) is 5.69 Å². The number of rotatable bonds is 3. The largest absolute Gasteiger partial charge is 0.321 e. The van der Waals surface area contributed by atoms with Crippen LogP contribution in [0.5, 0.6) is 0 Å². The number of para-hydroxylation sites is 1. The first-order valence-corrected chi connectivity index (χ1v) is 7.75. The zero-order valence-electron chi connectivity index (χ0n) is 13.1. The van der Waals surface area contributed by atoms with E-state index in [1.165, 1.54) is 10.6 Å². The van der Waals surface area contributed by atoms with Gasteiger partial charge < -0.3 is 5.32 Å². The van der Waals surface area contributed by atoms with Crippen LogP contribution in [0.2, 0.25) is 0 Å². The Morgan fingerprint density at radius 1 is 0.960 bits per heavy atom. The lowest BCUT2D eigenvalue weighted by atomic mass is 10.1. The predicted molar refractivity (Wildman–Crippen MR) is 95.6 cm³/mol. The molecule has 0 spiro atoms. The van der Waals surface area contributed by atoms with E-state index < -0.39 is 0 Å². The summed E-state index contributed by atoms with van der Waals surface area (Å²) in [6.07, 6.45) is 0. The van der Waals surface area contributed by atoms with Crippen LogP contribution in [0.3, 0.4) is 0 Å². The number of nitrogens with zero attached hydrogens (tertiary/aromatic N) is 2. The quantitative estimate of drug-likeness (QED) is 0.606. The van der Waals surface area contributed by atoms with Gasteiger partial charge in [0.05, 0.1) is 5.69 Å². The molecule has 0 aliphatic rings. The highest BCUT2D eigenvalue weighted by atomic mass is 16.2. The Balaban J connectivity index is 1.72. The van der Waals surface area contributed by atoms with Crippen molar-refractivity contribution in [1.82, 2.24) is 14.6 Å². The van der Waals surface area contributed by atoms with Gasteiger partial charge in [0.25, 0.3) is 11.5 Å². The molecule has 25 heavy (non-hydrogen) atoms. The molecule has 0 atom stereocenters. The lowest BCUT2D eigenvalue weighted by Gasteiger charge is -2.02. The summed E-state index contributed by atoms with van der Waals surface area (Å²) >= 11 is 0. The smallest absolute Gasteiger partial charge is 0.273 e. The summed E-state index contributed by atoms with van der Waals surface area (Å²) < 4.78 is 1.26. The van der Waals surface area contributed by atoms with Crippen molar-refractivity contribution in [3.05, 3.63) is 88.8 Å². The standard InChI is InChI=1S/C19H14N4O2/c24-18-12-15(13-7-3-1-4-8-13)21-17-11-16(22-23(17)18)19(25)20-14-9-5-2-6-10-14/h1-12,22H,(H,20,25). The maximum absolute atomic E-state index is 12.4. The molecule has 0 fully saturated rings. The molecule has 6 heteroatoms. The summed E-state index contributed by atoms with van der Waals surface area (Å²) in [5.41, 5.74) is 2.47. The van der Waals surface area contributed by atoms with Gasteiger partial charge in [-0.05, 0) is 12.1 Å². The van der Waals surface area contributed by atoms with Crippen LogP contribution in [0, 0.1) is 0 Å². The topological polar surface area (TPSA) is 79.3 Å². The summed E-state index contributed by atoms with van der Waals surface area (Å²) in [6, 6.07) is 21.6. The minimum atomic E-state index is -0.336. The number of amides is 1. The van der Waals surface area contributed by atoms with Crippen LogP contribution in [0.15, 0.2) is 77.6 Å². The van der Waals surface area contributed by atoms with E-state index in [1.807, 2.05) is 48.5 Å². The number of H-pyrrole nitrogens is 1. The van der Waals surface area contributed by atoms with Gasteiger partial charge in [0.1, 0.15) is 5.69 Å². The molecule has 2 heterocycles. The molecule has 6 nitrogen and oxygen atoms in total. The number of anilines is 1. The Morgan fingerprint density at radius 2 is 1.64 bits per heavy atom. The number of fused-ring (bicyclic) bond motifs is 1. The Labute approximate surface area is 142 Å². The van der Waals surface area contributed by atoms with Gasteiger partial charge >= 0.3 is 0 Å². The van der Waals surface area contributed by atoms with E-state index in [4.69, 9.17) is 0 Å². The molecule has 0 aliphatic heterocycles. The van der Waals surface area contributed by atoms with E-state index in [0.717, 1.165) is 5.56 Å². The molecule has 4 rings (SSSR count). The monoisotopic (exact) mass is 330 g/mol. The first-order chi connectivity index (χ1) is 12.2. The van der Waals surface area contributed by atoms with E-state index in [-0.39, 0.29) is 17.2 Å². The van der Waals surface area contributed by atoms with E-state index in [2.05, 4.69) is 15.4 Å². The van der Waals surface area contributed by atoms with E-state index in [0.29, 0.717) is 17.0 Å². The fourth-order valence-corrected chi connectivity index (χ4v) is 2.58. The van der Waals surface area contributed by atoms with Gasteiger partial charge in [-0.25, -0.2) is 9.50 Å². The van der Waals surface area contributed by atoms with Gasteiger partial charge in [0.15, 0.2) is 5.65 Å². The Hall–Kier alpha value is -3.67. The second-order valence-corrected chi connectivity index (χ2v) is 5.53. The number of hydrogen-bond acceptors (Lipinski definition) is 3. The molecular formula is C19H14N4O2. The Morgan fingerprint density at radius 3 is 2.36 bits per heavy atom. The van der Waals surface area contributed by atoms with Gasteiger partial charge in [-0.2, -0.15) is 0 Å². The van der Waals surface area contributed by atoms with Crippen molar-refractivity contribution in [2.24, 2.45) is 0 Å². The molecule has 0 radical (unpaired) electrons. The van der Waals surface area contributed by atoms with Crippen LogP contribution >= 0.6 is 0 Å². The summed E-state index contributed by atoms with van der Waals surface area (Å²) in [7, 11) is 0. The number of benzene rings is 2. The minimum absolute atomic E-state index is 0.263. The number of aromatic nitrogens is 3. The van der Waals surface area contributed by atoms with Gasteiger partial charge in [0.2, 0.25) is 0 Å². The van der Waals surface area contributed by atoms with Crippen molar-refractivity contribution >= 4 is 17.2 Å². The maximum Gasteiger partial charge on any atom is 0.273 e. The SMILES string of the molecule is O=C(Nc1ccccc1)c1cc2nc(-c3ccccc3)cc(=O)n2[nH]1. The van der Waals surface area contributed by atoms with Crippen molar-refractivity contribution in [1.29, 1.82) is 0 Å². The minimum Gasteiger partial charge on any atom is -0.321 e. The third-order valence-electron chi connectivity index (χ3n) is 3.80. The van der Waals surface area contributed by atoms with Gasteiger partial charge in [-0.15, -0.1) is 0 Å². The second kappa shape index (κ2) is 6.09. The van der Waals surface area contributed by atoms with Crippen molar-refractivity contribution < 1.29 is 4.79 Å². The predicted octanol–water partition coefficient (Wildman–Crippen LogP) is 2.94. The zero-order valence-corrected chi connectivity index (χ0v) is 13.1. The average Bonchev–Trinajstić information content (AvgIpc) is 3.08. The summed E-state index contributed by atoms with van der Waals surface area (Å²) in [5.74, 6) is -0.336. The highest BCUT2D eigenvalue weighted by Gasteiger charge is 2.13. The maximum atomic E-state index is 12.4. The van der Waals surface area contributed by atoms with E-state index >= 15 is 0 Å². The Bertz CT molecular complexity index is 1100. The summed E-state index contributed by atoms with van der Waals surface area (Å²) in [6.45, 7) is 0. The highest BCUT2D eigenvalue weighted by Crippen LogP contribution is 2.16. The molecule has 0 saturated heterocycles. The van der Waals surface area contributed by atoms with Crippen molar-refractivity contribution in [2.45, 2.75) is 0 Å². The molecule has 4 aromatic rings. The molecule has 0 bridgehead atoms. The van der Waals surface area contributed by atoms with Crippen molar-refractivity contribution in [3.8, 4) is 11.3 Å². The molecule has 0 saturated carbocycles. The molecule has 0 aliphatic carbocycles. The van der Waals surface area contributed by atoms with Crippen molar-refractivity contribution in [2.75, 3.05) is 5.32 Å². The summed E-state index contributed by atoms with van der Waals surface area (Å²) in [5, 5.41) is 5.56. The molecule has 1 amide bonds. The van der Waals surface area contributed by atoms with E-state index in [1.54, 1.807) is 18.2 Å². The van der Waals surface area contributed by atoms with Crippen LogP contribution in [0.25, 0.3) is 16.9 Å². The van der Waals surface area contributed by atoms with Crippen LogP contribution in [-0.4, -0.2) is 20.5 Å². The number of hydrogen-bond donors (Lipinski definition) is 2. The van der Waals surface area contributed by atoms with Gasteiger partial charge in [0, 0.05) is 23.4 Å². The zero-order chi connectivity index (χ0) is 17.2. The molecule has 2 aromatic heterocycles. The third-order valence-corrected chi connectivity index (χ3v) is 3.80. The second-order valence-electron chi connectivity index (χ2n) is 5.53. The first kappa shape index (κ1) is 14.9. The Kier molecular flexibility index (Phi) is 3.63. The fourth-order valence-electron chi connectivity index (χ4n) is 2.58. The lowest BCUT2D eigenvalue weighted by molar-refractivity contribution is 0.102. The summed E-state index contributed by atoms with van der Waals surface area (Å²) in [4.78, 5) is 29.2. The average molecular weight is 330 g/mol. The van der Waals surface area contributed by atoms with Crippen LogP contribution < -0.4 is 10.9 Å². The van der Waals surface area contributed by atoms with E-state index in [9.17, 15) is 9.59 Å². The molecule has 2 aromatic carbocycles. The van der Waals surface area contributed by atoms with Crippen LogP contribution in [0.1, 0.15) is 10.5 Å². The molecule has 2 N–H and O–H groups in total. The number of nitrogens with one attached hydrogen (secondary N) is 2. The molecule has 0 unspecified atom stereocenters. The third kappa shape index (κ3) is 2.92. The first-order valence-electron chi connectivity index (χ1n) is 7.75. The van der Waals surface area contributed by atoms with Crippen molar-refractivity contribution in [3.63, 3.8) is 0 Å². The molecule has 122 valence electrons. The van der Waals surface area contributed by atoms with Gasteiger partial charge in [-0.3, -0.25) is 14.7 Å². The van der Waals surface area contributed by atoms with Crippen LogP contribution in [-0.2, 0) is 0 Å². The number of aromatic amines is 1.